The number of benzene rings is 1. The number of hydrogen-bond donors (Lipinski definition) is 2. The molecule has 0 saturated heterocycles. The first-order valence-electron chi connectivity index (χ1n) is 7.18. The first-order valence-corrected chi connectivity index (χ1v) is 7.18. The lowest BCUT2D eigenvalue weighted by molar-refractivity contribution is 0.227. The van der Waals surface area contributed by atoms with Gasteiger partial charge in [-0.3, -0.25) is 0 Å². The van der Waals surface area contributed by atoms with E-state index < -0.39 is 0 Å². The zero-order chi connectivity index (χ0) is 15.0. The molecule has 0 aliphatic heterocycles. The fourth-order valence-electron chi connectivity index (χ4n) is 2.15. The number of nitrogens with one attached hydrogen (secondary N) is 1. The topological polar surface area (TPSA) is 50.7 Å². The van der Waals surface area contributed by atoms with Gasteiger partial charge in [-0.1, -0.05) is 6.92 Å². The second-order valence-corrected chi connectivity index (χ2v) is 5.21. The molecule has 20 heavy (non-hydrogen) atoms. The molecule has 2 unspecified atom stereocenters. The molecule has 0 fully saturated rings. The highest BCUT2D eigenvalue weighted by Gasteiger charge is 2.12. The van der Waals surface area contributed by atoms with Crippen molar-refractivity contribution in [1.82, 2.24) is 5.32 Å². The van der Waals surface area contributed by atoms with E-state index in [1.54, 1.807) is 14.2 Å². The summed E-state index contributed by atoms with van der Waals surface area (Å²) in [5, 5.41) is 12.5. The molecule has 0 saturated carbocycles. The van der Waals surface area contributed by atoms with Crippen LogP contribution in [0.2, 0.25) is 0 Å². The Morgan fingerprint density at radius 3 is 2.55 bits per heavy atom. The van der Waals surface area contributed by atoms with Gasteiger partial charge in [0.2, 0.25) is 0 Å². The van der Waals surface area contributed by atoms with Crippen LogP contribution in [0.3, 0.4) is 0 Å². The number of aliphatic hydroxyl groups is 1. The maximum absolute atomic E-state index is 9.00. The Labute approximate surface area is 122 Å². The van der Waals surface area contributed by atoms with Crippen LogP contribution in [0.5, 0.6) is 11.5 Å². The van der Waals surface area contributed by atoms with Gasteiger partial charge in [-0.15, -0.1) is 0 Å². The molecular weight excluding hydrogens is 254 g/mol. The van der Waals surface area contributed by atoms with E-state index in [9.17, 15) is 0 Å². The number of aliphatic hydroxyl groups excluding tert-OH is 1. The van der Waals surface area contributed by atoms with Crippen LogP contribution in [0.25, 0.3) is 0 Å². The van der Waals surface area contributed by atoms with Crippen molar-refractivity contribution in [2.24, 2.45) is 5.92 Å². The van der Waals surface area contributed by atoms with E-state index in [1.807, 2.05) is 18.2 Å². The van der Waals surface area contributed by atoms with Gasteiger partial charge in [0.25, 0.3) is 0 Å². The molecule has 114 valence electrons. The molecule has 1 aromatic carbocycles. The fourth-order valence-corrected chi connectivity index (χ4v) is 2.15. The molecule has 0 heterocycles. The van der Waals surface area contributed by atoms with Gasteiger partial charge in [-0.2, -0.15) is 0 Å². The summed E-state index contributed by atoms with van der Waals surface area (Å²) in [5.41, 5.74) is 1.10. The van der Waals surface area contributed by atoms with Gasteiger partial charge < -0.3 is 19.9 Å². The van der Waals surface area contributed by atoms with E-state index in [0.717, 1.165) is 36.4 Å². The third kappa shape index (κ3) is 5.02. The van der Waals surface area contributed by atoms with Crippen LogP contribution < -0.4 is 14.8 Å². The first kappa shape index (κ1) is 16.8. The Morgan fingerprint density at radius 2 is 1.95 bits per heavy atom. The van der Waals surface area contributed by atoms with Crippen LogP contribution in [0.4, 0.5) is 0 Å². The van der Waals surface area contributed by atoms with E-state index in [1.165, 1.54) is 0 Å². The highest BCUT2D eigenvalue weighted by molar-refractivity contribution is 5.42. The Balaban J connectivity index is 2.55. The average molecular weight is 281 g/mol. The summed E-state index contributed by atoms with van der Waals surface area (Å²) in [6, 6.07) is 6.04. The quantitative estimate of drug-likeness (QED) is 0.683. The van der Waals surface area contributed by atoms with Crippen molar-refractivity contribution in [3.63, 3.8) is 0 Å². The minimum absolute atomic E-state index is 0.199. The summed E-state index contributed by atoms with van der Waals surface area (Å²) in [7, 11) is 3.35. The summed E-state index contributed by atoms with van der Waals surface area (Å²) in [5.74, 6) is 2.08. The smallest absolute Gasteiger partial charge is 0.123 e. The molecule has 4 nitrogen and oxygen atoms in total. The van der Waals surface area contributed by atoms with E-state index in [0.29, 0.717) is 5.92 Å². The minimum atomic E-state index is 0.199. The van der Waals surface area contributed by atoms with E-state index >= 15 is 0 Å². The molecule has 0 radical (unpaired) electrons. The number of hydrogen-bond acceptors (Lipinski definition) is 4. The SMILES string of the molecule is COc1ccc(OC)c(C(C)NCCCC(C)CO)c1. The zero-order valence-corrected chi connectivity index (χ0v) is 13.0. The third-order valence-electron chi connectivity index (χ3n) is 3.54. The molecule has 1 rings (SSSR count). The maximum Gasteiger partial charge on any atom is 0.123 e. The van der Waals surface area contributed by atoms with E-state index in [4.69, 9.17) is 14.6 Å². The van der Waals surface area contributed by atoms with Crippen LogP contribution in [0.15, 0.2) is 18.2 Å². The van der Waals surface area contributed by atoms with Gasteiger partial charge >= 0.3 is 0 Å². The molecule has 2 atom stereocenters. The van der Waals surface area contributed by atoms with E-state index in [-0.39, 0.29) is 12.6 Å². The normalized spacial score (nSPS) is 13.8. The summed E-state index contributed by atoms with van der Waals surface area (Å²) in [6.07, 6.45) is 2.09. The lowest BCUT2D eigenvalue weighted by atomic mass is 10.0. The number of ether oxygens (including phenoxy) is 2. The number of methoxy groups -OCH3 is 2. The van der Waals surface area contributed by atoms with Crippen molar-refractivity contribution in [3.8, 4) is 11.5 Å². The molecule has 0 bridgehead atoms. The van der Waals surface area contributed by atoms with Crippen molar-refractivity contribution in [2.45, 2.75) is 32.7 Å². The van der Waals surface area contributed by atoms with Crippen molar-refractivity contribution in [1.29, 1.82) is 0 Å². The standard InChI is InChI=1S/C16H27NO3/c1-12(11-18)6-5-9-17-13(2)15-10-14(19-3)7-8-16(15)20-4/h7-8,10,12-13,17-18H,5-6,9,11H2,1-4H3. The molecule has 1 aromatic rings. The monoisotopic (exact) mass is 281 g/mol. The molecular formula is C16H27NO3. The minimum Gasteiger partial charge on any atom is -0.497 e. The largest absolute Gasteiger partial charge is 0.497 e. The van der Waals surface area contributed by atoms with Crippen LogP contribution in [-0.2, 0) is 0 Å². The third-order valence-corrected chi connectivity index (χ3v) is 3.54. The fraction of sp³-hybridized carbons (Fsp3) is 0.625. The molecule has 4 heteroatoms. The Bertz CT molecular complexity index is 395. The Kier molecular flexibility index (Phi) is 7.41. The lowest BCUT2D eigenvalue weighted by Crippen LogP contribution is -2.21. The average Bonchev–Trinajstić information content (AvgIpc) is 2.50. The van der Waals surface area contributed by atoms with Crippen LogP contribution in [-0.4, -0.2) is 32.5 Å². The lowest BCUT2D eigenvalue weighted by Gasteiger charge is -2.18. The van der Waals surface area contributed by atoms with Gasteiger partial charge in [0.05, 0.1) is 14.2 Å². The van der Waals surface area contributed by atoms with Crippen LogP contribution in [0, 0.1) is 5.92 Å². The molecule has 2 N–H and O–H groups in total. The van der Waals surface area contributed by atoms with E-state index in [2.05, 4.69) is 19.2 Å². The van der Waals surface area contributed by atoms with Gasteiger partial charge in [0, 0.05) is 18.2 Å². The number of rotatable bonds is 9. The molecule has 0 aliphatic rings. The van der Waals surface area contributed by atoms with Crippen molar-refractivity contribution in [2.75, 3.05) is 27.4 Å². The van der Waals surface area contributed by atoms with Gasteiger partial charge in [-0.25, -0.2) is 0 Å². The summed E-state index contributed by atoms with van der Waals surface area (Å²) >= 11 is 0. The van der Waals surface area contributed by atoms with Crippen molar-refractivity contribution in [3.05, 3.63) is 23.8 Å². The second-order valence-electron chi connectivity index (χ2n) is 5.21. The van der Waals surface area contributed by atoms with Gasteiger partial charge in [0.1, 0.15) is 11.5 Å². The predicted octanol–water partition coefficient (Wildman–Crippen LogP) is 2.76. The molecule has 0 aromatic heterocycles. The van der Waals surface area contributed by atoms with Gasteiger partial charge in [-0.05, 0) is 50.4 Å². The maximum atomic E-state index is 9.00. The molecule has 0 spiro atoms. The summed E-state index contributed by atoms with van der Waals surface area (Å²) in [6.45, 7) is 5.37. The highest BCUT2D eigenvalue weighted by Crippen LogP contribution is 2.29. The summed E-state index contributed by atoms with van der Waals surface area (Å²) in [4.78, 5) is 0. The van der Waals surface area contributed by atoms with Crippen molar-refractivity contribution < 1.29 is 14.6 Å². The molecule has 0 amide bonds. The predicted molar refractivity (Wildman–Crippen MR) is 81.4 cm³/mol. The Hall–Kier alpha value is -1.26. The van der Waals surface area contributed by atoms with Crippen LogP contribution >= 0.6 is 0 Å². The van der Waals surface area contributed by atoms with Gasteiger partial charge in [0.15, 0.2) is 0 Å². The summed E-state index contributed by atoms with van der Waals surface area (Å²) < 4.78 is 10.7. The second kappa shape index (κ2) is 8.82. The first-order chi connectivity index (χ1) is 9.62. The highest BCUT2D eigenvalue weighted by atomic mass is 16.5. The molecule has 0 aliphatic carbocycles. The van der Waals surface area contributed by atoms with Crippen LogP contribution in [0.1, 0.15) is 38.3 Å². The zero-order valence-electron chi connectivity index (χ0n) is 13.0. The Morgan fingerprint density at radius 1 is 1.20 bits per heavy atom. The van der Waals surface area contributed by atoms with Crippen molar-refractivity contribution >= 4 is 0 Å².